The molecule has 0 saturated carbocycles. The molecule has 1 atom stereocenters. The zero-order valence-electron chi connectivity index (χ0n) is 18.5. The third-order valence-electron chi connectivity index (χ3n) is 5.27. The Labute approximate surface area is 186 Å². The maximum Gasteiger partial charge on any atom is 0.238 e. The molecule has 0 aliphatic carbocycles. The minimum Gasteiger partial charge on any atom is -0.479 e. The third kappa shape index (κ3) is 4.30. The van der Waals surface area contributed by atoms with E-state index in [0.717, 1.165) is 16.9 Å². The number of nitrogens with zero attached hydrogens (tertiary/aromatic N) is 5. The molecule has 1 N–H and O–H groups in total. The lowest BCUT2D eigenvalue weighted by molar-refractivity contribution is 0.396. The Kier molecular flexibility index (Phi) is 6.11. The van der Waals surface area contributed by atoms with E-state index in [-0.39, 0.29) is 11.9 Å². The van der Waals surface area contributed by atoms with Gasteiger partial charge in [0, 0.05) is 11.8 Å². The van der Waals surface area contributed by atoms with Crippen LogP contribution in [0.4, 0.5) is 10.2 Å². The van der Waals surface area contributed by atoms with E-state index in [4.69, 9.17) is 4.74 Å². The zero-order chi connectivity index (χ0) is 22.7. The molecule has 0 amide bonds. The number of hydrogen-bond acceptors (Lipinski definition) is 6. The van der Waals surface area contributed by atoms with E-state index in [0.29, 0.717) is 35.1 Å². The maximum absolute atomic E-state index is 14.2. The van der Waals surface area contributed by atoms with Crippen LogP contribution < -0.4 is 10.1 Å². The highest BCUT2D eigenvalue weighted by atomic mass is 19.1. The van der Waals surface area contributed by atoms with Crippen molar-refractivity contribution in [1.82, 2.24) is 24.7 Å². The first-order valence-corrected chi connectivity index (χ1v) is 10.4. The van der Waals surface area contributed by atoms with E-state index in [1.807, 2.05) is 55.8 Å². The smallest absolute Gasteiger partial charge is 0.238 e. The number of rotatable bonds is 7. The summed E-state index contributed by atoms with van der Waals surface area (Å²) in [6.07, 6.45) is 4.33. The van der Waals surface area contributed by atoms with Gasteiger partial charge in [-0.1, -0.05) is 25.1 Å². The molecule has 1 unspecified atom stereocenters. The van der Waals surface area contributed by atoms with Gasteiger partial charge in [0.1, 0.15) is 17.2 Å². The molecule has 0 bridgehead atoms. The Bertz CT molecular complexity index is 1240. The van der Waals surface area contributed by atoms with Gasteiger partial charge in [0.25, 0.3) is 0 Å². The molecule has 0 aliphatic rings. The summed E-state index contributed by atoms with van der Waals surface area (Å²) < 4.78 is 21.6. The fourth-order valence-electron chi connectivity index (χ4n) is 3.55. The molecular weight excluding hydrogens is 407 g/mol. The molecule has 4 aromatic rings. The largest absolute Gasteiger partial charge is 0.479 e. The van der Waals surface area contributed by atoms with Gasteiger partial charge in [0.15, 0.2) is 5.82 Å². The number of methoxy groups -OCH3 is 1. The number of pyridine rings is 1. The van der Waals surface area contributed by atoms with Gasteiger partial charge >= 0.3 is 0 Å². The van der Waals surface area contributed by atoms with Crippen molar-refractivity contribution in [3.63, 3.8) is 0 Å². The van der Waals surface area contributed by atoms with Crippen LogP contribution in [0.1, 0.15) is 36.2 Å². The number of anilines is 1. The zero-order valence-corrected chi connectivity index (χ0v) is 18.5. The van der Waals surface area contributed by atoms with Crippen molar-refractivity contribution >= 4 is 5.82 Å². The minimum absolute atomic E-state index is 0.203. The van der Waals surface area contributed by atoms with Gasteiger partial charge in [-0.05, 0) is 50.1 Å². The average molecular weight is 433 g/mol. The lowest BCUT2D eigenvalue weighted by Gasteiger charge is -2.19. The number of imidazole rings is 1. The lowest BCUT2D eigenvalue weighted by Crippen LogP contribution is -2.14. The van der Waals surface area contributed by atoms with E-state index in [1.165, 1.54) is 6.07 Å². The molecule has 4 rings (SSSR count). The first-order chi connectivity index (χ1) is 15.5. The second-order valence-corrected chi connectivity index (χ2v) is 7.54. The normalized spacial score (nSPS) is 11.9. The van der Waals surface area contributed by atoms with E-state index in [1.54, 1.807) is 25.6 Å². The van der Waals surface area contributed by atoms with Crippen LogP contribution in [0.5, 0.6) is 5.88 Å². The van der Waals surface area contributed by atoms with Crippen molar-refractivity contribution in [2.24, 2.45) is 0 Å². The standard InChI is InChI=1S/C24H25FN6O/c1-5-19(17-8-6-7-9-18(17)25)27-23-15(2)12-21(29-30-23)20-10-11-22(24(28-20)32-4)31-13-16(3)26-14-31/h6-14,19H,5H2,1-4H3,(H,27,30). The molecule has 0 radical (unpaired) electrons. The van der Waals surface area contributed by atoms with Gasteiger partial charge in [-0.3, -0.25) is 0 Å². The molecule has 8 heteroatoms. The quantitative estimate of drug-likeness (QED) is 0.440. The van der Waals surface area contributed by atoms with E-state index < -0.39 is 0 Å². The van der Waals surface area contributed by atoms with Crippen LogP contribution in [0.3, 0.4) is 0 Å². The highest BCUT2D eigenvalue weighted by Crippen LogP contribution is 2.28. The predicted molar refractivity (Wildman–Crippen MR) is 121 cm³/mol. The molecule has 32 heavy (non-hydrogen) atoms. The minimum atomic E-state index is -0.237. The molecule has 3 heterocycles. The van der Waals surface area contributed by atoms with Gasteiger partial charge in [0.05, 0.1) is 30.9 Å². The Hall–Kier alpha value is -3.81. The van der Waals surface area contributed by atoms with Crippen LogP contribution in [0.25, 0.3) is 17.1 Å². The summed E-state index contributed by atoms with van der Waals surface area (Å²) in [6, 6.07) is 12.3. The number of ether oxygens (including phenoxy) is 1. The molecule has 3 aromatic heterocycles. The number of aromatic nitrogens is 5. The van der Waals surface area contributed by atoms with Gasteiger partial charge in [-0.15, -0.1) is 10.2 Å². The fraction of sp³-hybridized carbons (Fsp3) is 0.250. The van der Waals surface area contributed by atoms with Crippen LogP contribution >= 0.6 is 0 Å². The summed E-state index contributed by atoms with van der Waals surface area (Å²) in [6.45, 7) is 5.86. The average Bonchev–Trinajstić information content (AvgIpc) is 3.24. The Balaban J connectivity index is 1.61. The van der Waals surface area contributed by atoms with Gasteiger partial charge in [-0.2, -0.15) is 0 Å². The summed E-state index contributed by atoms with van der Waals surface area (Å²) in [7, 11) is 1.58. The highest BCUT2D eigenvalue weighted by molar-refractivity contribution is 5.61. The van der Waals surface area contributed by atoms with E-state index in [2.05, 4.69) is 25.5 Å². The second kappa shape index (κ2) is 9.13. The number of halogens is 1. The molecule has 7 nitrogen and oxygen atoms in total. The van der Waals surface area contributed by atoms with Crippen LogP contribution in [-0.2, 0) is 0 Å². The number of hydrogen-bond donors (Lipinski definition) is 1. The van der Waals surface area contributed by atoms with Crippen LogP contribution in [0, 0.1) is 19.7 Å². The van der Waals surface area contributed by atoms with E-state index in [9.17, 15) is 4.39 Å². The van der Waals surface area contributed by atoms with Crippen molar-refractivity contribution in [2.45, 2.75) is 33.2 Å². The molecule has 164 valence electrons. The molecular formula is C24H25FN6O. The summed E-state index contributed by atoms with van der Waals surface area (Å²) >= 11 is 0. The SMILES string of the molecule is CCC(Nc1nnc(-c2ccc(-n3cnc(C)c3)c(OC)n2)cc1C)c1ccccc1F. The van der Waals surface area contributed by atoms with Gasteiger partial charge < -0.3 is 14.6 Å². The number of benzene rings is 1. The fourth-order valence-corrected chi connectivity index (χ4v) is 3.55. The third-order valence-corrected chi connectivity index (χ3v) is 5.27. The molecule has 0 saturated heterocycles. The number of aryl methyl sites for hydroxylation is 2. The highest BCUT2D eigenvalue weighted by Gasteiger charge is 2.17. The summed E-state index contributed by atoms with van der Waals surface area (Å²) in [4.78, 5) is 8.87. The predicted octanol–water partition coefficient (Wildman–Crippen LogP) is 5.05. The van der Waals surface area contributed by atoms with E-state index >= 15 is 0 Å². The monoisotopic (exact) mass is 432 g/mol. The first kappa shape index (κ1) is 21.4. The molecule has 0 aliphatic heterocycles. The van der Waals surface area contributed by atoms with Crippen molar-refractivity contribution < 1.29 is 9.13 Å². The van der Waals surface area contributed by atoms with Crippen LogP contribution in [-0.4, -0.2) is 31.8 Å². The summed E-state index contributed by atoms with van der Waals surface area (Å²) in [5.41, 5.74) is 4.46. The summed E-state index contributed by atoms with van der Waals surface area (Å²) in [5, 5.41) is 12.0. The molecule has 0 fully saturated rings. The maximum atomic E-state index is 14.2. The molecule has 0 spiro atoms. The van der Waals surface area contributed by atoms with Crippen LogP contribution in [0.2, 0.25) is 0 Å². The molecule has 1 aromatic carbocycles. The number of nitrogens with one attached hydrogen (secondary N) is 1. The first-order valence-electron chi connectivity index (χ1n) is 10.4. The van der Waals surface area contributed by atoms with Crippen LogP contribution in [0.15, 0.2) is 55.0 Å². The lowest BCUT2D eigenvalue weighted by atomic mass is 10.0. The second-order valence-electron chi connectivity index (χ2n) is 7.54. The van der Waals surface area contributed by atoms with Gasteiger partial charge in [-0.25, -0.2) is 14.4 Å². The summed E-state index contributed by atoms with van der Waals surface area (Å²) in [5.74, 6) is 0.840. The topological polar surface area (TPSA) is 77.8 Å². The van der Waals surface area contributed by atoms with Crippen molar-refractivity contribution in [2.75, 3.05) is 12.4 Å². The van der Waals surface area contributed by atoms with Crippen molar-refractivity contribution in [3.8, 4) is 23.0 Å². The van der Waals surface area contributed by atoms with Gasteiger partial charge in [0.2, 0.25) is 5.88 Å². The Morgan fingerprint density at radius 2 is 1.91 bits per heavy atom. The Morgan fingerprint density at radius 1 is 1.09 bits per heavy atom. The van der Waals surface area contributed by atoms with Crippen molar-refractivity contribution in [3.05, 3.63) is 77.6 Å². The Morgan fingerprint density at radius 3 is 2.56 bits per heavy atom. The van der Waals surface area contributed by atoms with Crippen molar-refractivity contribution in [1.29, 1.82) is 0 Å².